The lowest BCUT2D eigenvalue weighted by Crippen LogP contribution is -2.36. The number of amides is 1. The zero-order valence-electron chi connectivity index (χ0n) is 11.7. The standard InChI is InChI=1S/C16H24N2O/c1-13-6-8-14(9-7-13)4-2-3-5-16(19)18-15-10-11-17-12-15/h6-9,15,17H,2-5,10-12H2,1H3,(H,18,19). The highest BCUT2D eigenvalue weighted by atomic mass is 16.1. The van der Waals surface area contributed by atoms with Gasteiger partial charge < -0.3 is 10.6 Å². The minimum Gasteiger partial charge on any atom is -0.352 e. The SMILES string of the molecule is Cc1ccc(CCCCC(=O)NC2CCNC2)cc1. The molecule has 19 heavy (non-hydrogen) atoms. The third-order valence-electron chi connectivity index (χ3n) is 3.67. The van der Waals surface area contributed by atoms with Crippen LogP contribution >= 0.6 is 0 Å². The molecule has 3 nitrogen and oxygen atoms in total. The van der Waals surface area contributed by atoms with Crippen molar-refractivity contribution in [3.05, 3.63) is 35.4 Å². The Balaban J connectivity index is 1.58. The summed E-state index contributed by atoms with van der Waals surface area (Å²) >= 11 is 0. The van der Waals surface area contributed by atoms with Gasteiger partial charge in [-0.2, -0.15) is 0 Å². The third kappa shape index (κ3) is 5.03. The summed E-state index contributed by atoms with van der Waals surface area (Å²) in [4.78, 5) is 11.7. The van der Waals surface area contributed by atoms with Gasteiger partial charge in [0, 0.05) is 19.0 Å². The number of rotatable bonds is 6. The number of benzene rings is 1. The van der Waals surface area contributed by atoms with Gasteiger partial charge in [0.05, 0.1) is 0 Å². The molecular formula is C16H24N2O. The van der Waals surface area contributed by atoms with E-state index in [-0.39, 0.29) is 5.91 Å². The van der Waals surface area contributed by atoms with Crippen LogP contribution in [0.4, 0.5) is 0 Å². The van der Waals surface area contributed by atoms with Crippen molar-refractivity contribution in [2.45, 2.75) is 45.1 Å². The average Bonchev–Trinajstić information content (AvgIpc) is 2.89. The molecule has 1 aromatic rings. The molecule has 2 rings (SSSR count). The number of hydrogen-bond acceptors (Lipinski definition) is 2. The van der Waals surface area contributed by atoms with Gasteiger partial charge >= 0.3 is 0 Å². The number of aryl methyl sites for hydroxylation is 2. The Morgan fingerprint density at radius 2 is 2.11 bits per heavy atom. The summed E-state index contributed by atoms with van der Waals surface area (Å²) in [6, 6.07) is 9.01. The normalized spacial score (nSPS) is 18.5. The van der Waals surface area contributed by atoms with Crippen molar-refractivity contribution in [1.82, 2.24) is 10.6 Å². The largest absolute Gasteiger partial charge is 0.352 e. The topological polar surface area (TPSA) is 41.1 Å². The van der Waals surface area contributed by atoms with Gasteiger partial charge in [0.2, 0.25) is 5.91 Å². The highest BCUT2D eigenvalue weighted by Crippen LogP contribution is 2.08. The Bertz CT molecular complexity index is 394. The lowest BCUT2D eigenvalue weighted by Gasteiger charge is -2.11. The summed E-state index contributed by atoms with van der Waals surface area (Å²) in [5, 5.41) is 6.34. The molecule has 1 saturated heterocycles. The summed E-state index contributed by atoms with van der Waals surface area (Å²) in [5.74, 6) is 0.206. The highest BCUT2D eigenvalue weighted by molar-refractivity contribution is 5.76. The van der Waals surface area contributed by atoms with Crippen LogP contribution in [0.3, 0.4) is 0 Å². The van der Waals surface area contributed by atoms with Gasteiger partial charge in [-0.3, -0.25) is 4.79 Å². The Labute approximate surface area is 115 Å². The molecule has 0 aromatic heterocycles. The van der Waals surface area contributed by atoms with Crippen molar-refractivity contribution < 1.29 is 4.79 Å². The first-order chi connectivity index (χ1) is 9.24. The lowest BCUT2D eigenvalue weighted by atomic mass is 10.1. The average molecular weight is 260 g/mol. The van der Waals surface area contributed by atoms with Crippen LogP contribution in [0.1, 0.15) is 36.8 Å². The third-order valence-corrected chi connectivity index (χ3v) is 3.67. The molecule has 1 atom stereocenters. The second-order valence-corrected chi connectivity index (χ2v) is 5.45. The molecule has 1 fully saturated rings. The van der Waals surface area contributed by atoms with Gasteiger partial charge in [-0.25, -0.2) is 0 Å². The van der Waals surface area contributed by atoms with Crippen molar-refractivity contribution >= 4 is 5.91 Å². The van der Waals surface area contributed by atoms with Gasteiger partial charge in [0.25, 0.3) is 0 Å². The molecule has 104 valence electrons. The number of carbonyl (C=O) groups is 1. The molecule has 1 amide bonds. The van der Waals surface area contributed by atoms with Gasteiger partial charge in [0.15, 0.2) is 0 Å². The van der Waals surface area contributed by atoms with Crippen LogP contribution in [0.25, 0.3) is 0 Å². The fourth-order valence-corrected chi connectivity index (χ4v) is 2.45. The Morgan fingerprint density at radius 3 is 2.79 bits per heavy atom. The van der Waals surface area contributed by atoms with E-state index in [0.29, 0.717) is 12.5 Å². The number of unbranched alkanes of at least 4 members (excludes halogenated alkanes) is 1. The predicted molar refractivity (Wildman–Crippen MR) is 78.2 cm³/mol. The molecular weight excluding hydrogens is 236 g/mol. The van der Waals surface area contributed by atoms with E-state index in [2.05, 4.69) is 41.8 Å². The van der Waals surface area contributed by atoms with E-state index < -0.39 is 0 Å². The van der Waals surface area contributed by atoms with Crippen molar-refractivity contribution in [1.29, 1.82) is 0 Å². The molecule has 0 bridgehead atoms. The van der Waals surface area contributed by atoms with Gasteiger partial charge in [-0.05, 0) is 44.7 Å². The van der Waals surface area contributed by atoms with E-state index in [0.717, 1.165) is 38.8 Å². The Hall–Kier alpha value is -1.35. The van der Waals surface area contributed by atoms with Crippen LogP contribution < -0.4 is 10.6 Å². The maximum atomic E-state index is 11.7. The molecule has 3 heteroatoms. The van der Waals surface area contributed by atoms with Crippen LogP contribution in [-0.4, -0.2) is 25.0 Å². The van der Waals surface area contributed by atoms with E-state index in [1.807, 2.05) is 0 Å². The molecule has 1 aliphatic rings. The maximum Gasteiger partial charge on any atom is 0.220 e. The van der Waals surface area contributed by atoms with Crippen molar-refractivity contribution in [3.8, 4) is 0 Å². The van der Waals surface area contributed by atoms with E-state index in [1.54, 1.807) is 0 Å². The maximum absolute atomic E-state index is 11.7. The van der Waals surface area contributed by atoms with Gasteiger partial charge in [-0.1, -0.05) is 29.8 Å². The fourth-order valence-electron chi connectivity index (χ4n) is 2.45. The van der Waals surface area contributed by atoms with E-state index in [4.69, 9.17) is 0 Å². The van der Waals surface area contributed by atoms with E-state index >= 15 is 0 Å². The summed E-state index contributed by atoms with van der Waals surface area (Å²) in [6.07, 6.45) is 4.84. The van der Waals surface area contributed by atoms with Crippen molar-refractivity contribution in [2.24, 2.45) is 0 Å². The highest BCUT2D eigenvalue weighted by Gasteiger charge is 2.15. The number of hydrogen-bond donors (Lipinski definition) is 2. The van der Waals surface area contributed by atoms with Crippen molar-refractivity contribution in [3.63, 3.8) is 0 Å². The lowest BCUT2D eigenvalue weighted by molar-refractivity contribution is -0.121. The van der Waals surface area contributed by atoms with Crippen LogP contribution in [0.5, 0.6) is 0 Å². The summed E-state index contributed by atoms with van der Waals surface area (Å²) in [5.41, 5.74) is 2.67. The van der Waals surface area contributed by atoms with Crippen LogP contribution in [0.15, 0.2) is 24.3 Å². The summed E-state index contributed by atoms with van der Waals surface area (Å²) in [6.45, 7) is 4.06. The monoisotopic (exact) mass is 260 g/mol. The van der Waals surface area contributed by atoms with Gasteiger partial charge in [0.1, 0.15) is 0 Å². The second-order valence-electron chi connectivity index (χ2n) is 5.45. The molecule has 1 aliphatic heterocycles. The first-order valence-corrected chi connectivity index (χ1v) is 7.29. The molecule has 2 N–H and O–H groups in total. The first-order valence-electron chi connectivity index (χ1n) is 7.29. The Kier molecular flexibility index (Phi) is 5.40. The molecule has 0 spiro atoms. The zero-order chi connectivity index (χ0) is 13.5. The summed E-state index contributed by atoms with van der Waals surface area (Å²) in [7, 11) is 0. The molecule has 1 heterocycles. The van der Waals surface area contributed by atoms with Crippen LogP contribution in [0.2, 0.25) is 0 Å². The Morgan fingerprint density at radius 1 is 1.32 bits per heavy atom. The first kappa shape index (κ1) is 14.1. The van der Waals surface area contributed by atoms with Crippen LogP contribution in [-0.2, 0) is 11.2 Å². The van der Waals surface area contributed by atoms with Gasteiger partial charge in [-0.15, -0.1) is 0 Å². The minimum atomic E-state index is 0.206. The zero-order valence-corrected chi connectivity index (χ0v) is 11.7. The molecule has 0 saturated carbocycles. The molecule has 0 aliphatic carbocycles. The van der Waals surface area contributed by atoms with Crippen LogP contribution in [0, 0.1) is 6.92 Å². The quantitative estimate of drug-likeness (QED) is 0.770. The second kappa shape index (κ2) is 7.29. The number of carbonyl (C=O) groups excluding carboxylic acids is 1. The van der Waals surface area contributed by atoms with Crippen molar-refractivity contribution in [2.75, 3.05) is 13.1 Å². The minimum absolute atomic E-state index is 0.206. The fraction of sp³-hybridized carbons (Fsp3) is 0.562. The molecule has 0 radical (unpaired) electrons. The van der Waals surface area contributed by atoms with E-state index in [9.17, 15) is 4.79 Å². The molecule has 1 aromatic carbocycles. The number of nitrogens with one attached hydrogen (secondary N) is 2. The molecule has 1 unspecified atom stereocenters. The smallest absolute Gasteiger partial charge is 0.220 e. The summed E-state index contributed by atoms with van der Waals surface area (Å²) < 4.78 is 0. The predicted octanol–water partition coefficient (Wildman–Crippen LogP) is 2.19. The van der Waals surface area contributed by atoms with E-state index in [1.165, 1.54) is 11.1 Å².